The first kappa shape index (κ1) is 24.7. The normalized spacial score (nSPS) is 14.4. The molecular weight excluding hydrogens is 497 g/mol. The molecule has 2 aromatic carbocycles. The lowest BCUT2D eigenvalue weighted by Crippen LogP contribution is -2.21. The number of carboxylic acid groups (broad SMARTS) is 1. The number of nitrogens with zero attached hydrogens (tertiary/aromatic N) is 3. The zero-order valence-electron chi connectivity index (χ0n) is 18.1. The van der Waals surface area contributed by atoms with Crippen LogP contribution in [0, 0.1) is 0 Å². The Bertz CT molecular complexity index is 1480. The van der Waals surface area contributed by atoms with Gasteiger partial charge in [-0.3, -0.25) is 9.78 Å². The fourth-order valence-corrected chi connectivity index (χ4v) is 3.87. The molecule has 0 saturated heterocycles. The van der Waals surface area contributed by atoms with Gasteiger partial charge in [0, 0.05) is 22.8 Å². The van der Waals surface area contributed by atoms with Crippen LogP contribution >= 0.6 is 11.8 Å². The Morgan fingerprint density at radius 3 is 2.61 bits per heavy atom. The number of benzene rings is 2. The molecule has 5 rings (SSSR count). The van der Waals surface area contributed by atoms with Gasteiger partial charge in [-0.2, -0.15) is 18.2 Å². The first-order chi connectivity index (χ1) is 17.2. The van der Waals surface area contributed by atoms with Gasteiger partial charge in [-0.1, -0.05) is 24.3 Å². The Morgan fingerprint density at radius 1 is 1.08 bits per heavy atom. The number of anilines is 1. The van der Waals surface area contributed by atoms with Gasteiger partial charge in [-0.25, -0.2) is 9.78 Å². The minimum absolute atomic E-state index is 0.253. The lowest BCUT2D eigenvalue weighted by Gasteiger charge is -2.06. The zero-order valence-corrected chi connectivity index (χ0v) is 18.9. The van der Waals surface area contributed by atoms with Crippen molar-refractivity contribution in [2.75, 3.05) is 5.32 Å². The van der Waals surface area contributed by atoms with Gasteiger partial charge in [0.2, 0.25) is 0 Å². The monoisotopic (exact) mass is 512 g/mol. The highest BCUT2D eigenvalue weighted by Gasteiger charge is 2.38. The van der Waals surface area contributed by atoms with Crippen LogP contribution in [0.3, 0.4) is 0 Å². The molecule has 182 valence electrons. The van der Waals surface area contributed by atoms with Gasteiger partial charge in [-0.15, -0.1) is 0 Å². The van der Waals surface area contributed by atoms with Gasteiger partial charge in [-0.05, 0) is 53.7 Å². The highest BCUT2D eigenvalue weighted by molar-refractivity contribution is 8.18. The van der Waals surface area contributed by atoms with Gasteiger partial charge in [0.1, 0.15) is 12.0 Å². The molecule has 1 aliphatic heterocycles. The number of amides is 1. The molecule has 36 heavy (non-hydrogen) atoms. The molecule has 1 aliphatic rings. The lowest BCUT2D eigenvalue weighted by molar-refractivity contribution is -0.192. The van der Waals surface area contributed by atoms with Crippen molar-refractivity contribution in [3.63, 3.8) is 0 Å². The van der Waals surface area contributed by atoms with Gasteiger partial charge < -0.3 is 14.8 Å². The van der Waals surface area contributed by atoms with Gasteiger partial charge in [0.25, 0.3) is 5.91 Å². The number of carbonyl (C=O) groups is 2. The highest BCUT2D eigenvalue weighted by atomic mass is 32.2. The number of hydrogen-bond donors (Lipinski definition) is 2. The maximum absolute atomic E-state index is 12.3. The number of fused-ring (bicyclic) bond motifs is 1. The second kappa shape index (κ2) is 10.4. The quantitative estimate of drug-likeness (QED) is 0.341. The van der Waals surface area contributed by atoms with E-state index in [2.05, 4.69) is 20.3 Å². The maximum atomic E-state index is 12.3. The van der Waals surface area contributed by atoms with Crippen LogP contribution in [0.25, 0.3) is 28.2 Å². The van der Waals surface area contributed by atoms with E-state index in [1.807, 2.05) is 60.7 Å². The Morgan fingerprint density at radius 2 is 1.89 bits per heavy atom. The number of carboxylic acids is 1. The number of carbonyl (C=O) groups excluding carboxylic acids is 1. The van der Waals surface area contributed by atoms with Crippen molar-refractivity contribution in [1.29, 1.82) is 0 Å². The Kier molecular flexibility index (Phi) is 7.15. The lowest BCUT2D eigenvalue weighted by atomic mass is 10.1. The minimum atomic E-state index is -5.08. The molecule has 0 atom stereocenters. The summed E-state index contributed by atoms with van der Waals surface area (Å²) < 4.78 is 36.8. The van der Waals surface area contributed by atoms with Crippen LogP contribution < -0.4 is 5.32 Å². The number of nitrogens with one attached hydrogen (secondary N) is 1. The second-order valence-corrected chi connectivity index (χ2v) is 8.20. The maximum Gasteiger partial charge on any atom is 0.490 e. The Balaban J connectivity index is 0.000000384. The summed E-state index contributed by atoms with van der Waals surface area (Å²) in [5.74, 6) is -3.01. The van der Waals surface area contributed by atoms with E-state index in [-0.39, 0.29) is 5.91 Å². The predicted molar refractivity (Wildman–Crippen MR) is 129 cm³/mol. The Labute approximate surface area is 205 Å². The van der Waals surface area contributed by atoms with E-state index in [4.69, 9.17) is 14.3 Å². The summed E-state index contributed by atoms with van der Waals surface area (Å²) >= 11 is 1.32. The van der Waals surface area contributed by atoms with Crippen LogP contribution in [0.1, 0.15) is 5.56 Å². The number of aliphatic imine (C=N–C) groups is 1. The average molecular weight is 512 g/mol. The molecule has 0 spiro atoms. The average Bonchev–Trinajstić information content (AvgIpc) is 3.49. The summed E-state index contributed by atoms with van der Waals surface area (Å²) in [6.45, 7) is 0. The molecular formula is C24H15F3N4O4S. The number of rotatable bonds is 3. The molecule has 0 fully saturated rings. The van der Waals surface area contributed by atoms with Crippen molar-refractivity contribution in [1.82, 2.24) is 9.97 Å². The van der Waals surface area contributed by atoms with Crippen LogP contribution in [-0.2, 0) is 9.59 Å². The first-order valence-electron chi connectivity index (χ1n) is 10.1. The molecule has 0 radical (unpaired) electrons. The summed E-state index contributed by atoms with van der Waals surface area (Å²) in [5, 5.41) is 11.9. The molecule has 2 aromatic heterocycles. The summed E-state index contributed by atoms with van der Waals surface area (Å²) in [7, 11) is 0. The zero-order chi connectivity index (χ0) is 25.7. The largest absolute Gasteiger partial charge is 0.490 e. The van der Waals surface area contributed by atoms with Crippen LogP contribution in [0.5, 0.6) is 0 Å². The molecule has 4 aromatic rings. The number of thioether (sulfide) groups is 1. The fraction of sp³-hybridized carbons (Fsp3) is 0.0417. The van der Waals surface area contributed by atoms with E-state index in [1.165, 1.54) is 18.2 Å². The first-order valence-corrected chi connectivity index (χ1v) is 10.9. The van der Waals surface area contributed by atoms with Gasteiger partial charge in [0.15, 0.2) is 11.6 Å². The number of alkyl halides is 3. The fourth-order valence-electron chi connectivity index (χ4n) is 3.03. The van der Waals surface area contributed by atoms with E-state index >= 15 is 0 Å². The summed E-state index contributed by atoms with van der Waals surface area (Å²) in [4.78, 5) is 34.4. The van der Waals surface area contributed by atoms with Gasteiger partial charge in [0.05, 0.1) is 10.4 Å². The third kappa shape index (κ3) is 6.16. The smallest absolute Gasteiger partial charge is 0.475 e. The number of aliphatic carboxylic acids is 1. The minimum Gasteiger partial charge on any atom is -0.475 e. The second-order valence-electron chi connectivity index (χ2n) is 7.17. The van der Waals surface area contributed by atoms with Crippen molar-refractivity contribution >= 4 is 51.5 Å². The molecule has 3 heterocycles. The topological polar surface area (TPSA) is 118 Å². The Hall–Kier alpha value is -4.45. The third-order valence-electron chi connectivity index (χ3n) is 4.63. The van der Waals surface area contributed by atoms with Crippen LogP contribution in [0.2, 0.25) is 0 Å². The standard InChI is InChI=1S/C22H14N4O2S.C2HF3O2/c27-21-20(10-14-6-7-18-15(9-14)4-2-8-23-18)29-22(26-21)25-17-5-1-3-16(11-17)19-12-28-13-24-19;3-2(4,5)1(6)7/h1-13H,(H,25,26,27);(H,6,7). The number of amidine groups is 1. The van der Waals surface area contributed by atoms with Crippen molar-refractivity contribution < 1.29 is 32.3 Å². The third-order valence-corrected chi connectivity index (χ3v) is 5.53. The number of pyridine rings is 1. The molecule has 1 amide bonds. The van der Waals surface area contributed by atoms with Crippen molar-refractivity contribution in [3.8, 4) is 11.3 Å². The van der Waals surface area contributed by atoms with Crippen molar-refractivity contribution in [2.45, 2.75) is 6.18 Å². The van der Waals surface area contributed by atoms with Crippen LogP contribution in [-0.4, -0.2) is 38.3 Å². The molecule has 0 bridgehead atoms. The van der Waals surface area contributed by atoms with Crippen molar-refractivity contribution in [2.24, 2.45) is 4.99 Å². The number of oxazole rings is 1. The summed E-state index contributed by atoms with van der Waals surface area (Å²) in [5.41, 5.74) is 4.34. The van der Waals surface area contributed by atoms with Crippen LogP contribution in [0.15, 0.2) is 87.8 Å². The van der Waals surface area contributed by atoms with E-state index in [0.29, 0.717) is 10.1 Å². The predicted octanol–water partition coefficient (Wildman–Crippen LogP) is 5.61. The van der Waals surface area contributed by atoms with E-state index in [0.717, 1.165) is 33.4 Å². The summed E-state index contributed by atoms with van der Waals surface area (Å²) in [6, 6.07) is 17.5. The molecule has 0 saturated carbocycles. The van der Waals surface area contributed by atoms with Gasteiger partial charge >= 0.3 is 12.1 Å². The SMILES string of the molecule is O=C(O)C(F)(F)F.O=C1N=C(Nc2cccc(-c3cocn3)c2)SC1=Cc1ccc2ncccc2c1. The highest BCUT2D eigenvalue weighted by Crippen LogP contribution is 2.30. The number of hydrogen-bond acceptors (Lipinski definition) is 7. The number of aromatic nitrogens is 2. The van der Waals surface area contributed by atoms with Crippen LogP contribution in [0.4, 0.5) is 18.9 Å². The van der Waals surface area contributed by atoms with Crippen molar-refractivity contribution in [3.05, 3.63) is 83.9 Å². The molecule has 12 heteroatoms. The molecule has 2 N–H and O–H groups in total. The molecule has 8 nitrogen and oxygen atoms in total. The summed E-state index contributed by atoms with van der Waals surface area (Å²) in [6.07, 6.45) is 1.51. The van der Waals surface area contributed by atoms with E-state index in [9.17, 15) is 18.0 Å². The van der Waals surface area contributed by atoms with E-state index < -0.39 is 12.1 Å². The number of halogens is 3. The molecule has 0 aliphatic carbocycles. The molecule has 0 unspecified atom stereocenters. The van der Waals surface area contributed by atoms with E-state index in [1.54, 1.807) is 12.5 Å².